The van der Waals surface area contributed by atoms with Crippen LogP contribution in [0.5, 0.6) is 5.75 Å². The van der Waals surface area contributed by atoms with Gasteiger partial charge in [-0.1, -0.05) is 25.3 Å². The number of ether oxygens (including phenoxy) is 1. The Morgan fingerprint density at radius 2 is 1.78 bits per heavy atom. The lowest BCUT2D eigenvalue weighted by Crippen LogP contribution is -2.30. The van der Waals surface area contributed by atoms with Crippen LogP contribution in [0.3, 0.4) is 0 Å². The first-order valence-electron chi connectivity index (χ1n) is 11.5. The Morgan fingerprint density at radius 3 is 2.47 bits per heavy atom. The van der Waals surface area contributed by atoms with Gasteiger partial charge in [0.1, 0.15) is 5.75 Å². The average molecular weight is 433 g/mol. The number of aliphatic imine (C=N–C) groups is 1. The molecule has 4 rings (SSSR count). The second-order valence-electron chi connectivity index (χ2n) is 9.57. The van der Waals surface area contributed by atoms with E-state index in [-0.39, 0.29) is 29.6 Å². The lowest BCUT2D eigenvalue weighted by molar-refractivity contribution is -0.120. The zero-order chi connectivity index (χ0) is 22.7. The number of carbonyl (C=O) groups excluding carboxylic acids is 2. The maximum Gasteiger partial charge on any atom is 0.227 e. The molecule has 0 unspecified atom stereocenters. The molecule has 1 fully saturated rings. The van der Waals surface area contributed by atoms with Crippen LogP contribution < -0.4 is 10.1 Å². The van der Waals surface area contributed by atoms with Crippen molar-refractivity contribution in [1.82, 2.24) is 0 Å². The summed E-state index contributed by atoms with van der Waals surface area (Å²) in [6.07, 6.45) is 6.47. The van der Waals surface area contributed by atoms with Crippen molar-refractivity contribution in [3.05, 3.63) is 59.2 Å². The van der Waals surface area contributed by atoms with Gasteiger partial charge in [-0.2, -0.15) is 0 Å². The van der Waals surface area contributed by atoms with E-state index in [1.54, 1.807) is 19.2 Å². The van der Waals surface area contributed by atoms with E-state index in [2.05, 4.69) is 25.2 Å². The van der Waals surface area contributed by atoms with Crippen LogP contribution in [0.2, 0.25) is 0 Å². The molecule has 0 radical (unpaired) electrons. The fraction of sp³-hybridized carbons (Fsp3) is 0.444. The summed E-state index contributed by atoms with van der Waals surface area (Å²) in [5.41, 5.74) is 4.10. The van der Waals surface area contributed by atoms with Crippen molar-refractivity contribution in [3.63, 3.8) is 0 Å². The predicted octanol–water partition coefficient (Wildman–Crippen LogP) is 5.61. The number of hydrogen-bond acceptors (Lipinski definition) is 4. The van der Waals surface area contributed by atoms with Crippen LogP contribution in [0, 0.1) is 5.92 Å². The molecule has 32 heavy (non-hydrogen) atoms. The molecule has 2 aromatic carbocycles. The molecule has 1 N–H and O–H groups in total. The van der Waals surface area contributed by atoms with E-state index >= 15 is 0 Å². The SMILES string of the molecule is COc1ccc2c(c1)C(CC(=O)c1ccc(NC(=O)C3CCCCC3)cc1)=NC(C)(C)C2. The standard InChI is InChI=1S/C27H32N2O3/c1-27(2)17-20-11-14-22(32-3)15-23(20)24(29-27)16-25(30)18-9-12-21(13-10-18)28-26(31)19-7-5-4-6-8-19/h9-15,19H,4-8,16-17H2,1-3H3,(H,28,31). The highest BCUT2D eigenvalue weighted by Gasteiger charge is 2.28. The van der Waals surface area contributed by atoms with Gasteiger partial charge in [-0.15, -0.1) is 0 Å². The minimum absolute atomic E-state index is 0.0142. The molecule has 2 aliphatic rings. The van der Waals surface area contributed by atoms with Crippen LogP contribution in [-0.4, -0.2) is 30.1 Å². The van der Waals surface area contributed by atoms with E-state index in [9.17, 15) is 9.59 Å². The van der Waals surface area contributed by atoms with Gasteiger partial charge in [0.15, 0.2) is 5.78 Å². The molecule has 1 aliphatic heterocycles. The first kappa shape index (κ1) is 22.3. The summed E-state index contributed by atoms with van der Waals surface area (Å²) < 4.78 is 5.38. The van der Waals surface area contributed by atoms with Gasteiger partial charge in [-0.3, -0.25) is 14.6 Å². The number of carbonyl (C=O) groups is 2. The van der Waals surface area contributed by atoms with Crippen LogP contribution in [0.15, 0.2) is 47.5 Å². The molecular weight excluding hydrogens is 400 g/mol. The third-order valence-corrected chi connectivity index (χ3v) is 6.47. The number of ketones is 1. The highest BCUT2D eigenvalue weighted by atomic mass is 16.5. The van der Waals surface area contributed by atoms with E-state index in [4.69, 9.17) is 9.73 Å². The average Bonchev–Trinajstić information content (AvgIpc) is 2.79. The van der Waals surface area contributed by atoms with Crippen LogP contribution >= 0.6 is 0 Å². The van der Waals surface area contributed by atoms with Gasteiger partial charge in [0, 0.05) is 22.7 Å². The first-order valence-corrected chi connectivity index (χ1v) is 11.5. The Bertz CT molecular complexity index is 1030. The van der Waals surface area contributed by atoms with Gasteiger partial charge >= 0.3 is 0 Å². The minimum Gasteiger partial charge on any atom is -0.497 e. The lowest BCUT2D eigenvalue weighted by Gasteiger charge is -2.29. The summed E-state index contributed by atoms with van der Waals surface area (Å²) in [5, 5.41) is 3.01. The molecule has 0 aromatic heterocycles. The number of Topliss-reactive ketones (excluding diaryl/α,β-unsaturated/α-hetero) is 1. The molecule has 1 saturated carbocycles. The number of benzene rings is 2. The quantitative estimate of drug-likeness (QED) is 0.603. The summed E-state index contributed by atoms with van der Waals surface area (Å²) in [6.45, 7) is 4.18. The van der Waals surface area contributed by atoms with Gasteiger partial charge < -0.3 is 10.1 Å². The summed E-state index contributed by atoms with van der Waals surface area (Å²) in [4.78, 5) is 30.4. The molecule has 5 nitrogen and oxygen atoms in total. The Morgan fingerprint density at radius 1 is 1.06 bits per heavy atom. The second-order valence-corrected chi connectivity index (χ2v) is 9.57. The number of nitrogens with zero attached hydrogens (tertiary/aromatic N) is 1. The molecular formula is C27H32N2O3. The van der Waals surface area contributed by atoms with Crippen LogP contribution in [0.25, 0.3) is 0 Å². The van der Waals surface area contributed by atoms with Crippen LogP contribution in [-0.2, 0) is 11.2 Å². The second kappa shape index (κ2) is 9.27. The Balaban J connectivity index is 1.46. The van der Waals surface area contributed by atoms with E-state index in [0.29, 0.717) is 5.56 Å². The van der Waals surface area contributed by atoms with Crippen molar-refractivity contribution >= 4 is 23.1 Å². The third kappa shape index (κ3) is 5.09. The number of hydrogen-bond donors (Lipinski definition) is 1. The molecule has 1 aliphatic carbocycles. The smallest absolute Gasteiger partial charge is 0.227 e. The Hall–Kier alpha value is -2.95. The lowest BCUT2D eigenvalue weighted by atomic mass is 9.85. The molecule has 2 aromatic rings. The molecule has 1 heterocycles. The summed E-state index contributed by atoms with van der Waals surface area (Å²) in [6, 6.07) is 13.2. The van der Waals surface area contributed by atoms with E-state index < -0.39 is 0 Å². The number of nitrogens with one attached hydrogen (secondary N) is 1. The van der Waals surface area contributed by atoms with E-state index in [1.165, 1.54) is 12.0 Å². The number of fused-ring (bicyclic) bond motifs is 1. The molecule has 0 saturated heterocycles. The third-order valence-electron chi connectivity index (χ3n) is 6.47. The fourth-order valence-electron chi connectivity index (χ4n) is 4.77. The van der Waals surface area contributed by atoms with Crippen molar-refractivity contribution in [2.45, 2.75) is 64.3 Å². The Kier molecular flexibility index (Phi) is 6.45. The van der Waals surface area contributed by atoms with E-state index in [0.717, 1.165) is 54.8 Å². The van der Waals surface area contributed by atoms with Gasteiger partial charge in [-0.05, 0) is 75.1 Å². The molecule has 0 bridgehead atoms. The molecule has 1 amide bonds. The highest BCUT2D eigenvalue weighted by Crippen LogP contribution is 2.31. The summed E-state index contributed by atoms with van der Waals surface area (Å²) >= 11 is 0. The van der Waals surface area contributed by atoms with Crippen LogP contribution in [0.4, 0.5) is 5.69 Å². The largest absolute Gasteiger partial charge is 0.497 e. The minimum atomic E-state index is -0.246. The number of anilines is 1. The number of methoxy groups -OCH3 is 1. The van der Waals surface area contributed by atoms with E-state index in [1.807, 2.05) is 24.3 Å². The van der Waals surface area contributed by atoms with Crippen molar-refractivity contribution in [1.29, 1.82) is 0 Å². The van der Waals surface area contributed by atoms with Gasteiger partial charge in [0.05, 0.1) is 24.8 Å². The van der Waals surface area contributed by atoms with Crippen molar-refractivity contribution in [2.24, 2.45) is 10.9 Å². The fourth-order valence-corrected chi connectivity index (χ4v) is 4.77. The number of amides is 1. The molecule has 5 heteroatoms. The summed E-state index contributed by atoms with van der Waals surface area (Å²) in [5.74, 6) is 0.977. The van der Waals surface area contributed by atoms with Gasteiger partial charge in [-0.25, -0.2) is 0 Å². The van der Waals surface area contributed by atoms with Gasteiger partial charge in [0.2, 0.25) is 5.91 Å². The van der Waals surface area contributed by atoms with Crippen molar-refractivity contribution in [3.8, 4) is 5.75 Å². The van der Waals surface area contributed by atoms with Crippen LogP contribution in [0.1, 0.15) is 73.9 Å². The Labute approximate surface area is 190 Å². The maximum atomic E-state index is 13.1. The van der Waals surface area contributed by atoms with Gasteiger partial charge in [0.25, 0.3) is 0 Å². The summed E-state index contributed by atoms with van der Waals surface area (Å²) in [7, 11) is 1.64. The molecule has 168 valence electrons. The number of rotatable bonds is 6. The molecule has 0 spiro atoms. The normalized spacial score (nSPS) is 17.8. The van der Waals surface area contributed by atoms with Crippen molar-refractivity contribution < 1.29 is 14.3 Å². The highest BCUT2D eigenvalue weighted by molar-refractivity contribution is 6.17. The predicted molar refractivity (Wildman–Crippen MR) is 128 cm³/mol. The monoisotopic (exact) mass is 432 g/mol. The first-order chi connectivity index (χ1) is 15.3. The zero-order valence-corrected chi connectivity index (χ0v) is 19.2. The maximum absolute atomic E-state index is 13.1. The zero-order valence-electron chi connectivity index (χ0n) is 19.2. The molecule has 0 atom stereocenters. The van der Waals surface area contributed by atoms with Crippen molar-refractivity contribution in [2.75, 3.05) is 12.4 Å². The topological polar surface area (TPSA) is 67.8 Å².